The van der Waals surface area contributed by atoms with E-state index in [2.05, 4.69) is 58.2 Å². The summed E-state index contributed by atoms with van der Waals surface area (Å²) in [7, 11) is 0. The number of rotatable bonds is 45. The summed E-state index contributed by atoms with van der Waals surface area (Å²) in [5.74, 6) is -19.7. The van der Waals surface area contributed by atoms with Crippen LogP contribution in [0.4, 0.5) is 0 Å². The van der Waals surface area contributed by atoms with Gasteiger partial charge in [0.25, 0.3) is 0 Å². The maximum atomic E-state index is 14.3. The summed E-state index contributed by atoms with van der Waals surface area (Å²) in [5.41, 5.74) is 27.7. The fourth-order valence-corrected chi connectivity index (χ4v) is 8.72. The first-order chi connectivity index (χ1) is 42.3. The van der Waals surface area contributed by atoms with Crippen LogP contribution in [0.3, 0.4) is 0 Å². The largest absolute Gasteiger partial charge is 0.481 e. The van der Waals surface area contributed by atoms with Gasteiger partial charge in [-0.15, -0.1) is 0 Å². The third kappa shape index (κ3) is 32.5. The number of nitrogens with two attached hydrogens (primary N) is 5. The number of carboxylic acids is 3. The summed E-state index contributed by atoms with van der Waals surface area (Å²) in [6.45, 7) is 15.3. The Morgan fingerprint density at radius 1 is 0.407 bits per heavy atom. The summed E-state index contributed by atoms with van der Waals surface area (Å²) in [5, 5.41) is 63.2. The Labute approximate surface area is 528 Å². The van der Waals surface area contributed by atoms with Crippen LogP contribution in [0.2, 0.25) is 0 Å². The lowest BCUT2D eigenvalue weighted by Crippen LogP contribution is -2.62. The molecule has 35 heteroatoms. The number of guanidine groups is 1. The van der Waals surface area contributed by atoms with Crippen molar-refractivity contribution in [2.24, 2.45) is 63.3 Å². The number of amides is 12. The molecule has 35 nitrogen and oxygen atoms in total. The van der Waals surface area contributed by atoms with Gasteiger partial charge in [-0.05, 0) is 74.5 Å². The van der Waals surface area contributed by atoms with Crippen LogP contribution >= 0.6 is 0 Å². The number of carbonyl (C=O) groups is 15. The molecular formula is C56H98N16O19. The van der Waals surface area contributed by atoms with Crippen LogP contribution in [0.15, 0.2) is 4.99 Å². The molecule has 0 aliphatic carbocycles. The first-order valence-corrected chi connectivity index (χ1v) is 29.9. The van der Waals surface area contributed by atoms with E-state index in [1.165, 1.54) is 0 Å². The van der Waals surface area contributed by atoms with Gasteiger partial charge < -0.3 is 102 Å². The molecule has 91 heavy (non-hydrogen) atoms. The molecule has 0 heterocycles. The zero-order valence-corrected chi connectivity index (χ0v) is 53.4. The quantitative estimate of drug-likeness (QED) is 0.0154. The summed E-state index contributed by atoms with van der Waals surface area (Å²) < 4.78 is 0. The van der Waals surface area contributed by atoms with Gasteiger partial charge in [-0.1, -0.05) is 75.7 Å². The lowest BCUT2D eigenvalue weighted by molar-refractivity contribution is -0.144. The molecule has 0 fully saturated rings. The first-order valence-electron chi connectivity index (χ1n) is 29.9. The summed E-state index contributed by atoms with van der Waals surface area (Å²) in [6.07, 6.45) is -4.97. The highest BCUT2D eigenvalue weighted by molar-refractivity contribution is 6.00. The maximum absolute atomic E-state index is 14.3. The topological polar surface area (TPSA) is 600 Å². The van der Waals surface area contributed by atoms with Crippen molar-refractivity contribution in [2.75, 3.05) is 13.2 Å². The molecule has 0 rings (SSSR count). The van der Waals surface area contributed by atoms with E-state index in [0.717, 1.165) is 0 Å². The number of hydrogen-bond donors (Lipinski definition) is 19. The van der Waals surface area contributed by atoms with E-state index in [1.54, 1.807) is 55.4 Å². The van der Waals surface area contributed by atoms with Crippen LogP contribution in [0.5, 0.6) is 0 Å². The lowest BCUT2D eigenvalue weighted by atomic mass is 9.96. The second-order valence-electron chi connectivity index (χ2n) is 23.6. The molecule has 0 aromatic heterocycles. The highest BCUT2D eigenvalue weighted by atomic mass is 16.4. The predicted octanol–water partition coefficient (Wildman–Crippen LogP) is -5.39. The normalized spacial score (nSPS) is 15.2. The molecule has 0 saturated heterocycles. The van der Waals surface area contributed by atoms with Crippen LogP contribution < -0.4 is 81.8 Å². The number of nitrogens with one attached hydrogen (secondary N) is 10. The number of primary amides is 2. The number of aliphatic hydroxyl groups excluding tert-OH is 1. The smallest absolute Gasteiger partial charge is 0.326 e. The fourth-order valence-electron chi connectivity index (χ4n) is 8.72. The number of carbonyl (C=O) groups excluding carboxylic acids is 12. The number of nitrogens with zero attached hydrogens (tertiary/aromatic N) is 1. The summed E-state index contributed by atoms with van der Waals surface area (Å²) in [6, 6.07) is -17.6. The van der Waals surface area contributed by atoms with E-state index < -0.39 is 231 Å². The van der Waals surface area contributed by atoms with Gasteiger partial charge in [-0.3, -0.25) is 72.1 Å². The van der Waals surface area contributed by atoms with Crippen LogP contribution in [0, 0.1) is 29.6 Å². The molecule has 0 bridgehead atoms. The zero-order chi connectivity index (χ0) is 70.2. The molecule has 12 atom stereocenters. The van der Waals surface area contributed by atoms with Crippen LogP contribution in [-0.4, -0.2) is 195 Å². The minimum Gasteiger partial charge on any atom is -0.481 e. The average molecular weight is 1300 g/mol. The minimum absolute atomic E-state index is 0.00438. The van der Waals surface area contributed by atoms with Crippen molar-refractivity contribution in [1.82, 2.24) is 53.2 Å². The van der Waals surface area contributed by atoms with Crippen molar-refractivity contribution in [3.63, 3.8) is 0 Å². The summed E-state index contributed by atoms with van der Waals surface area (Å²) in [4.78, 5) is 202. The molecule has 24 N–H and O–H groups in total. The molecule has 516 valence electrons. The van der Waals surface area contributed by atoms with E-state index >= 15 is 0 Å². The van der Waals surface area contributed by atoms with Gasteiger partial charge >= 0.3 is 17.9 Å². The molecular weight excluding hydrogens is 1200 g/mol. The molecule has 0 aliphatic rings. The van der Waals surface area contributed by atoms with E-state index in [1.807, 2.05) is 13.8 Å². The Bertz CT molecular complexity index is 2560. The third-order valence-electron chi connectivity index (χ3n) is 14.0. The molecule has 12 amide bonds. The van der Waals surface area contributed by atoms with Crippen molar-refractivity contribution in [2.45, 2.75) is 213 Å². The van der Waals surface area contributed by atoms with E-state index in [-0.39, 0.29) is 50.0 Å². The fraction of sp³-hybridized carbons (Fsp3) is 0.714. The first kappa shape index (κ1) is 82.2. The SMILES string of the molecule is CC[C@H](C)[C@H](NC(=O)[C@H](CO)NC(=O)[C@H](CCC(=O)O)NC(=O)[C@H](CCC(N)=O)NC(=O)[C@H](CCCN=C(N)N)NC(=O)[C@H](CC(=O)O)NC(=O)[C@H](CCC(N)=O)NC(=O)[C@@H](NC(=O)[C@@H](N)CC(C)C)C(C)C)C(=O)N[C@@H](CC(C)C)C(=O)N[C@H](C(=O)O)C(C)C. The van der Waals surface area contributed by atoms with Gasteiger partial charge in [0.1, 0.15) is 60.4 Å². The van der Waals surface area contributed by atoms with Crippen molar-refractivity contribution >= 4 is 94.8 Å². The Balaban J connectivity index is 7.14. The highest BCUT2D eigenvalue weighted by Crippen LogP contribution is 2.15. The van der Waals surface area contributed by atoms with Gasteiger partial charge in [0.05, 0.1) is 19.1 Å². The monoisotopic (exact) mass is 1300 g/mol. The molecule has 0 spiro atoms. The van der Waals surface area contributed by atoms with Crippen LogP contribution in [0.25, 0.3) is 0 Å². The van der Waals surface area contributed by atoms with Gasteiger partial charge in [-0.2, -0.15) is 0 Å². The zero-order valence-electron chi connectivity index (χ0n) is 53.4. The van der Waals surface area contributed by atoms with E-state index in [0.29, 0.717) is 0 Å². The van der Waals surface area contributed by atoms with Crippen molar-refractivity contribution in [1.29, 1.82) is 0 Å². The van der Waals surface area contributed by atoms with Gasteiger partial charge in [0, 0.05) is 25.8 Å². The molecule has 0 unspecified atom stereocenters. The Hall–Kier alpha value is -8.76. The number of aliphatic imine (C=N–C) groups is 1. The Morgan fingerprint density at radius 3 is 1.16 bits per heavy atom. The van der Waals surface area contributed by atoms with Crippen molar-refractivity contribution in [3.8, 4) is 0 Å². The number of carboxylic acid groups (broad SMARTS) is 3. The molecule has 0 aromatic rings. The summed E-state index contributed by atoms with van der Waals surface area (Å²) >= 11 is 0. The number of aliphatic hydroxyl groups is 1. The number of aliphatic carboxylic acids is 3. The van der Waals surface area contributed by atoms with Gasteiger partial charge in [-0.25, -0.2) is 4.79 Å². The van der Waals surface area contributed by atoms with Gasteiger partial charge in [0.2, 0.25) is 70.9 Å². The standard InChI is InChI=1S/C56H98N16O19/c1-11-29(10)44(54(89)68-35(22-26(4)5)51(86)71-43(28(8)9)55(90)91)72-52(87)37(24-73)69-49(84)34(16-19-40(76)77)65-47(82)32(14-17-38(58)74)64-46(81)31(13-12-20-62-56(60)61)63-50(85)36(23-41(78)79)67-48(83)33(15-18-39(59)75)66-53(88)42(27(6)7)70-45(80)30(57)21-25(2)3/h25-37,42-44,73H,11-24,57H2,1-10H3,(H2,58,74)(H2,59,75)(H,63,85)(H,64,81)(H,65,82)(H,66,88)(H,67,83)(H,68,89)(H,69,84)(H,70,80)(H,71,86)(H,72,87)(H,76,77)(H,78,79)(H,90,91)(H4,60,61,62)/t29-,30-,31-,32-,33-,34-,35-,36-,37-,42-,43-,44-/m0/s1. The third-order valence-corrected chi connectivity index (χ3v) is 14.0. The lowest BCUT2D eigenvalue weighted by Gasteiger charge is -2.30. The molecule has 0 radical (unpaired) electrons. The minimum atomic E-state index is -2.06. The Morgan fingerprint density at radius 2 is 0.769 bits per heavy atom. The van der Waals surface area contributed by atoms with Crippen molar-refractivity contribution < 1.29 is 92.3 Å². The van der Waals surface area contributed by atoms with E-state index in [9.17, 15) is 92.3 Å². The molecule has 0 aliphatic heterocycles. The molecule has 0 saturated carbocycles. The average Bonchev–Trinajstić information content (AvgIpc) is 0.952. The second kappa shape index (κ2) is 41.5. The second-order valence-corrected chi connectivity index (χ2v) is 23.6. The highest BCUT2D eigenvalue weighted by Gasteiger charge is 2.38. The van der Waals surface area contributed by atoms with Crippen LogP contribution in [-0.2, 0) is 71.9 Å². The molecule has 0 aromatic carbocycles. The van der Waals surface area contributed by atoms with Crippen molar-refractivity contribution in [3.05, 3.63) is 0 Å². The Kier molecular flexibility index (Phi) is 37.5. The van der Waals surface area contributed by atoms with Gasteiger partial charge in [0.15, 0.2) is 5.96 Å². The maximum Gasteiger partial charge on any atom is 0.326 e. The number of hydrogen-bond acceptors (Lipinski definition) is 18. The van der Waals surface area contributed by atoms with E-state index in [4.69, 9.17) is 28.7 Å². The predicted molar refractivity (Wildman–Crippen MR) is 326 cm³/mol. The van der Waals surface area contributed by atoms with Crippen LogP contribution in [0.1, 0.15) is 146 Å².